The Balaban J connectivity index is 1.98. The molecule has 0 unspecified atom stereocenters. The lowest BCUT2D eigenvalue weighted by Gasteiger charge is -2.05. The van der Waals surface area contributed by atoms with Crippen molar-refractivity contribution in [1.82, 2.24) is 9.78 Å². The standard InChI is InChI=1S/C17H12N2O3/c1-21-15-8-4-6-11-9-14(17(20)22-16(11)15)19-10-12-5-2-3-7-13(12)18-19/h2-10H,1H3. The Morgan fingerprint density at radius 3 is 2.73 bits per heavy atom. The monoisotopic (exact) mass is 292 g/mol. The second-order valence-corrected chi connectivity index (χ2v) is 4.93. The molecule has 0 bridgehead atoms. The van der Waals surface area contributed by atoms with Crippen molar-refractivity contribution in [3.63, 3.8) is 0 Å². The molecule has 2 aromatic carbocycles. The zero-order valence-electron chi connectivity index (χ0n) is 11.8. The SMILES string of the molecule is COc1cccc2cc(-n3cc4ccccc4n3)c(=O)oc12. The number of fused-ring (bicyclic) bond motifs is 2. The summed E-state index contributed by atoms with van der Waals surface area (Å²) in [5.41, 5.74) is 1.19. The smallest absolute Gasteiger partial charge is 0.362 e. The van der Waals surface area contributed by atoms with Gasteiger partial charge in [0.15, 0.2) is 17.0 Å². The molecule has 0 aliphatic carbocycles. The Morgan fingerprint density at radius 1 is 1.09 bits per heavy atom. The van der Waals surface area contributed by atoms with E-state index in [9.17, 15) is 4.79 Å². The van der Waals surface area contributed by atoms with Gasteiger partial charge in [-0.05, 0) is 18.2 Å². The molecule has 4 rings (SSSR count). The highest BCUT2D eigenvalue weighted by Crippen LogP contribution is 2.25. The minimum atomic E-state index is -0.454. The van der Waals surface area contributed by atoms with Crippen molar-refractivity contribution >= 4 is 21.9 Å². The molecular weight excluding hydrogens is 280 g/mol. The summed E-state index contributed by atoms with van der Waals surface area (Å²) in [5, 5.41) is 6.17. The predicted octanol–water partition coefficient (Wildman–Crippen LogP) is 3.14. The number of nitrogens with zero attached hydrogens (tertiary/aromatic N) is 2. The number of rotatable bonds is 2. The molecule has 5 heteroatoms. The van der Waals surface area contributed by atoms with E-state index < -0.39 is 5.63 Å². The lowest BCUT2D eigenvalue weighted by Crippen LogP contribution is -2.10. The zero-order chi connectivity index (χ0) is 15.1. The van der Waals surface area contributed by atoms with E-state index in [4.69, 9.17) is 9.15 Å². The first-order valence-electron chi connectivity index (χ1n) is 6.82. The normalized spacial score (nSPS) is 11.1. The van der Waals surface area contributed by atoms with E-state index in [0.29, 0.717) is 17.0 Å². The summed E-state index contributed by atoms with van der Waals surface area (Å²) in [6.07, 6.45) is 1.81. The van der Waals surface area contributed by atoms with Crippen LogP contribution < -0.4 is 10.4 Å². The third-order valence-electron chi connectivity index (χ3n) is 3.59. The molecule has 0 aliphatic rings. The average molecular weight is 292 g/mol. The lowest BCUT2D eigenvalue weighted by molar-refractivity contribution is 0.406. The van der Waals surface area contributed by atoms with Gasteiger partial charge in [-0.1, -0.05) is 30.3 Å². The van der Waals surface area contributed by atoms with E-state index in [1.165, 1.54) is 0 Å². The van der Waals surface area contributed by atoms with E-state index >= 15 is 0 Å². The van der Waals surface area contributed by atoms with E-state index in [0.717, 1.165) is 16.3 Å². The van der Waals surface area contributed by atoms with E-state index in [-0.39, 0.29) is 0 Å². The van der Waals surface area contributed by atoms with Crippen molar-refractivity contribution in [3.8, 4) is 11.4 Å². The molecule has 5 nitrogen and oxygen atoms in total. The Labute approximate surface area is 125 Å². The van der Waals surface area contributed by atoms with Crippen LogP contribution in [0.15, 0.2) is 63.9 Å². The Kier molecular flexibility index (Phi) is 2.72. The van der Waals surface area contributed by atoms with Gasteiger partial charge in [-0.3, -0.25) is 0 Å². The third kappa shape index (κ3) is 1.87. The first-order valence-corrected chi connectivity index (χ1v) is 6.82. The molecular formula is C17H12N2O3. The average Bonchev–Trinajstić information content (AvgIpc) is 2.97. The Morgan fingerprint density at radius 2 is 1.91 bits per heavy atom. The van der Waals surface area contributed by atoms with Crippen molar-refractivity contribution in [1.29, 1.82) is 0 Å². The molecule has 0 atom stereocenters. The van der Waals surface area contributed by atoms with Gasteiger partial charge in [-0.25, -0.2) is 9.48 Å². The molecule has 0 N–H and O–H groups in total. The second kappa shape index (κ2) is 4.73. The molecule has 0 spiro atoms. The Hall–Kier alpha value is -3.08. The van der Waals surface area contributed by atoms with Crippen LogP contribution in [0.5, 0.6) is 5.75 Å². The first kappa shape index (κ1) is 12.6. The molecule has 2 heterocycles. The third-order valence-corrected chi connectivity index (χ3v) is 3.59. The molecule has 0 fully saturated rings. The quantitative estimate of drug-likeness (QED) is 0.533. The van der Waals surface area contributed by atoms with Gasteiger partial charge in [0.1, 0.15) is 0 Å². The second-order valence-electron chi connectivity index (χ2n) is 4.93. The van der Waals surface area contributed by atoms with E-state index in [1.807, 2.05) is 42.6 Å². The molecule has 0 amide bonds. The fourth-order valence-electron chi connectivity index (χ4n) is 2.52. The fraction of sp³-hybridized carbons (Fsp3) is 0.0588. The number of ether oxygens (including phenoxy) is 1. The molecule has 22 heavy (non-hydrogen) atoms. The summed E-state index contributed by atoms with van der Waals surface area (Å²) in [6, 6.07) is 14.9. The number of benzene rings is 2. The van der Waals surface area contributed by atoms with Gasteiger partial charge in [-0.15, -0.1) is 0 Å². The van der Waals surface area contributed by atoms with Crippen LogP contribution >= 0.6 is 0 Å². The van der Waals surface area contributed by atoms with Gasteiger partial charge in [0, 0.05) is 17.0 Å². The number of methoxy groups -OCH3 is 1. The van der Waals surface area contributed by atoms with Crippen LogP contribution in [0.1, 0.15) is 0 Å². The minimum Gasteiger partial charge on any atom is -0.493 e. The molecule has 0 saturated carbocycles. The zero-order valence-corrected chi connectivity index (χ0v) is 11.8. The van der Waals surface area contributed by atoms with Crippen molar-refractivity contribution in [2.45, 2.75) is 0 Å². The molecule has 4 aromatic rings. The minimum absolute atomic E-state index is 0.372. The largest absolute Gasteiger partial charge is 0.493 e. The van der Waals surface area contributed by atoms with E-state index in [2.05, 4.69) is 5.10 Å². The predicted molar refractivity (Wildman–Crippen MR) is 83.7 cm³/mol. The highest BCUT2D eigenvalue weighted by atomic mass is 16.5. The maximum Gasteiger partial charge on any atom is 0.362 e. The maximum atomic E-state index is 12.3. The Bertz CT molecular complexity index is 1010. The summed E-state index contributed by atoms with van der Waals surface area (Å²) >= 11 is 0. The van der Waals surface area contributed by atoms with Gasteiger partial charge < -0.3 is 9.15 Å². The van der Waals surface area contributed by atoms with Crippen LogP contribution in [-0.4, -0.2) is 16.9 Å². The molecule has 0 aliphatic heterocycles. The molecule has 108 valence electrons. The van der Waals surface area contributed by atoms with Crippen molar-refractivity contribution < 1.29 is 9.15 Å². The number of para-hydroxylation sites is 1. The number of hydrogen-bond acceptors (Lipinski definition) is 4. The van der Waals surface area contributed by atoms with Gasteiger partial charge in [0.25, 0.3) is 0 Å². The summed E-state index contributed by atoms with van der Waals surface area (Å²) in [7, 11) is 1.54. The highest BCUT2D eigenvalue weighted by molar-refractivity contribution is 5.84. The van der Waals surface area contributed by atoms with Crippen LogP contribution in [0, 0.1) is 0 Å². The van der Waals surface area contributed by atoms with Crippen LogP contribution in [0.25, 0.3) is 27.6 Å². The fourth-order valence-corrected chi connectivity index (χ4v) is 2.52. The van der Waals surface area contributed by atoms with Crippen LogP contribution in [0.4, 0.5) is 0 Å². The van der Waals surface area contributed by atoms with Gasteiger partial charge in [-0.2, -0.15) is 5.10 Å². The molecule has 2 aromatic heterocycles. The summed E-state index contributed by atoms with van der Waals surface area (Å²) < 4.78 is 12.2. The summed E-state index contributed by atoms with van der Waals surface area (Å²) in [6.45, 7) is 0. The van der Waals surface area contributed by atoms with Crippen molar-refractivity contribution in [2.75, 3.05) is 7.11 Å². The van der Waals surface area contributed by atoms with E-state index in [1.54, 1.807) is 23.9 Å². The van der Waals surface area contributed by atoms with Gasteiger partial charge >= 0.3 is 5.63 Å². The first-order chi connectivity index (χ1) is 10.8. The topological polar surface area (TPSA) is 57.3 Å². The van der Waals surface area contributed by atoms with Gasteiger partial charge in [0.05, 0.1) is 12.6 Å². The maximum absolute atomic E-state index is 12.3. The van der Waals surface area contributed by atoms with Crippen LogP contribution in [0.2, 0.25) is 0 Å². The van der Waals surface area contributed by atoms with Gasteiger partial charge in [0.2, 0.25) is 0 Å². The van der Waals surface area contributed by atoms with Crippen molar-refractivity contribution in [3.05, 3.63) is 65.1 Å². The highest BCUT2D eigenvalue weighted by Gasteiger charge is 2.12. The van der Waals surface area contributed by atoms with Crippen LogP contribution in [-0.2, 0) is 0 Å². The summed E-state index contributed by atoms with van der Waals surface area (Å²) in [5.74, 6) is 0.534. The van der Waals surface area contributed by atoms with Crippen LogP contribution in [0.3, 0.4) is 0 Å². The molecule has 0 saturated heterocycles. The number of hydrogen-bond donors (Lipinski definition) is 0. The lowest BCUT2D eigenvalue weighted by atomic mass is 10.2. The number of aromatic nitrogens is 2. The van der Waals surface area contributed by atoms with Crippen molar-refractivity contribution in [2.24, 2.45) is 0 Å². The molecule has 0 radical (unpaired) electrons. The summed E-state index contributed by atoms with van der Waals surface area (Å²) in [4.78, 5) is 12.3.